The monoisotopic (exact) mass is 244 g/mol. The minimum atomic E-state index is -0.0618. The summed E-state index contributed by atoms with van der Waals surface area (Å²) in [6, 6.07) is 12.7. The van der Waals surface area contributed by atoms with Gasteiger partial charge in [0.1, 0.15) is 6.04 Å². The minimum Gasteiger partial charge on any atom is -0.369 e. The molecule has 4 nitrogen and oxygen atoms in total. The molecular weight excluding hydrogens is 224 g/mol. The van der Waals surface area contributed by atoms with Gasteiger partial charge in [-0.1, -0.05) is 18.2 Å². The fourth-order valence-corrected chi connectivity index (χ4v) is 2.28. The van der Waals surface area contributed by atoms with Gasteiger partial charge in [-0.25, -0.2) is 0 Å². The third kappa shape index (κ3) is 3.22. The maximum atomic E-state index is 8.94. The van der Waals surface area contributed by atoms with E-state index in [-0.39, 0.29) is 6.04 Å². The standard InChI is InChI=1S/C14H20N4/c1-16-13(11-15)12-17-7-9-18(10-8-17)14-5-3-2-4-6-14/h2-6,13,16H,7-10,12H2,1H3. The Hall–Kier alpha value is -1.57. The lowest BCUT2D eigenvalue weighted by Crippen LogP contribution is -2.50. The van der Waals surface area contributed by atoms with Gasteiger partial charge in [0.25, 0.3) is 0 Å². The molecule has 1 aromatic rings. The van der Waals surface area contributed by atoms with Crippen molar-refractivity contribution in [1.82, 2.24) is 10.2 Å². The second-order valence-corrected chi connectivity index (χ2v) is 4.59. The maximum absolute atomic E-state index is 8.94. The number of anilines is 1. The fourth-order valence-electron chi connectivity index (χ4n) is 2.28. The molecule has 4 heteroatoms. The second kappa shape index (κ2) is 6.39. The van der Waals surface area contributed by atoms with Crippen molar-refractivity contribution in [1.29, 1.82) is 5.26 Å². The molecule has 1 fully saturated rings. The van der Waals surface area contributed by atoms with E-state index in [4.69, 9.17) is 5.26 Å². The van der Waals surface area contributed by atoms with Gasteiger partial charge in [0, 0.05) is 38.4 Å². The topological polar surface area (TPSA) is 42.3 Å². The normalized spacial score (nSPS) is 18.3. The Balaban J connectivity index is 1.83. The van der Waals surface area contributed by atoms with Gasteiger partial charge < -0.3 is 10.2 Å². The van der Waals surface area contributed by atoms with E-state index in [0.29, 0.717) is 0 Å². The summed E-state index contributed by atoms with van der Waals surface area (Å²) in [5.41, 5.74) is 1.29. The first-order valence-electron chi connectivity index (χ1n) is 6.42. The molecule has 0 saturated carbocycles. The lowest BCUT2D eigenvalue weighted by Gasteiger charge is -2.36. The SMILES string of the molecule is CNC(C#N)CN1CCN(c2ccccc2)CC1. The van der Waals surface area contributed by atoms with E-state index in [1.54, 1.807) is 0 Å². The van der Waals surface area contributed by atoms with E-state index in [2.05, 4.69) is 45.5 Å². The number of para-hydroxylation sites is 1. The number of nitrogens with one attached hydrogen (secondary N) is 1. The van der Waals surface area contributed by atoms with Crippen LogP contribution >= 0.6 is 0 Å². The van der Waals surface area contributed by atoms with Gasteiger partial charge >= 0.3 is 0 Å². The molecule has 1 atom stereocenters. The molecular formula is C14H20N4. The van der Waals surface area contributed by atoms with Crippen LogP contribution in [0.5, 0.6) is 0 Å². The van der Waals surface area contributed by atoms with E-state index in [1.165, 1.54) is 5.69 Å². The van der Waals surface area contributed by atoms with Crippen LogP contribution in [0, 0.1) is 11.3 Å². The highest BCUT2D eigenvalue weighted by Gasteiger charge is 2.19. The number of benzene rings is 1. The van der Waals surface area contributed by atoms with Crippen LogP contribution in [-0.2, 0) is 0 Å². The molecule has 0 aromatic heterocycles. The molecule has 1 unspecified atom stereocenters. The fraction of sp³-hybridized carbons (Fsp3) is 0.500. The van der Waals surface area contributed by atoms with Crippen molar-refractivity contribution in [3.63, 3.8) is 0 Å². The van der Waals surface area contributed by atoms with Crippen LogP contribution in [0.2, 0.25) is 0 Å². The van der Waals surface area contributed by atoms with E-state index < -0.39 is 0 Å². The summed E-state index contributed by atoms with van der Waals surface area (Å²) in [6.07, 6.45) is 0. The van der Waals surface area contributed by atoms with Crippen LogP contribution in [0.1, 0.15) is 0 Å². The Kier molecular flexibility index (Phi) is 4.57. The van der Waals surface area contributed by atoms with Crippen LogP contribution in [0.25, 0.3) is 0 Å². The molecule has 0 amide bonds. The van der Waals surface area contributed by atoms with E-state index >= 15 is 0 Å². The number of hydrogen-bond acceptors (Lipinski definition) is 4. The molecule has 1 aromatic carbocycles. The minimum absolute atomic E-state index is 0.0618. The maximum Gasteiger partial charge on any atom is 0.108 e. The summed E-state index contributed by atoms with van der Waals surface area (Å²) in [4.78, 5) is 4.75. The van der Waals surface area contributed by atoms with Crippen LogP contribution in [-0.4, -0.2) is 50.7 Å². The lowest BCUT2D eigenvalue weighted by molar-refractivity contribution is 0.246. The van der Waals surface area contributed by atoms with Crippen molar-refractivity contribution in [3.05, 3.63) is 30.3 Å². The van der Waals surface area contributed by atoms with Gasteiger partial charge in [-0.2, -0.15) is 5.26 Å². The number of likely N-dealkylation sites (N-methyl/N-ethyl adjacent to an activating group) is 1. The van der Waals surface area contributed by atoms with Gasteiger partial charge in [-0.3, -0.25) is 4.90 Å². The summed E-state index contributed by atoms with van der Waals surface area (Å²) in [6.45, 7) is 4.93. The molecule has 0 radical (unpaired) electrons. The third-order valence-corrected chi connectivity index (χ3v) is 3.44. The van der Waals surface area contributed by atoms with Gasteiger partial charge in [-0.15, -0.1) is 0 Å². The first-order chi connectivity index (χ1) is 8.83. The number of rotatable bonds is 4. The third-order valence-electron chi connectivity index (χ3n) is 3.44. The molecule has 1 aliphatic heterocycles. The van der Waals surface area contributed by atoms with E-state index in [0.717, 1.165) is 32.7 Å². The molecule has 0 spiro atoms. The highest BCUT2D eigenvalue weighted by molar-refractivity contribution is 5.46. The van der Waals surface area contributed by atoms with Crippen molar-refractivity contribution in [2.75, 3.05) is 44.7 Å². The summed E-state index contributed by atoms with van der Waals surface area (Å²) >= 11 is 0. The number of nitriles is 1. The van der Waals surface area contributed by atoms with Gasteiger partial charge in [0.15, 0.2) is 0 Å². The summed E-state index contributed by atoms with van der Waals surface area (Å²) in [5, 5.41) is 12.0. The average Bonchev–Trinajstić information content (AvgIpc) is 2.46. The quantitative estimate of drug-likeness (QED) is 0.855. The largest absolute Gasteiger partial charge is 0.369 e. The van der Waals surface area contributed by atoms with Crippen molar-refractivity contribution in [2.24, 2.45) is 0 Å². The molecule has 0 aliphatic carbocycles. The first-order valence-corrected chi connectivity index (χ1v) is 6.42. The second-order valence-electron chi connectivity index (χ2n) is 4.59. The molecule has 1 saturated heterocycles. The van der Waals surface area contributed by atoms with Crippen molar-refractivity contribution >= 4 is 5.69 Å². The molecule has 1 aliphatic rings. The molecule has 96 valence electrons. The van der Waals surface area contributed by atoms with E-state index in [9.17, 15) is 0 Å². The Morgan fingerprint density at radius 1 is 1.22 bits per heavy atom. The summed E-state index contributed by atoms with van der Waals surface area (Å²) in [5.74, 6) is 0. The van der Waals surface area contributed by atoms with Crippen molar-refractivity contribution in [2.45, 2.75) is 6.04 Å². The predicted molar refractivity (Wildman–Crippen MR) is 73.6 cm³/mol. The Bertz CT molecular complexity index is 390. The van der Waals surface area contributed by atoms with Gasteiger partial charge in [0.2, 0.25) is 0 Å². The van der Waals surface area contributed by atoms with Crippen LogP contribution in [0.4, 0.5) is 5.69 Å². The number of hydrogen-bond donors (Lipinski definition) is 1. The van der Waals surface area contributed by atoms with Crippen LogP contribution < -0.4 is 10.2 Å². The Morgan fingerprint density at radius 2 is 1.89 bits per heavy atom. The Morgan fingerprint density at radius 3 is 2.44 bits per heavy atom. The molecule has 2 rings (SSSR count). The molecule has 1 N–H and O–H groups in total. The zero-order chi connectivity index (χ0) is 12.8. The van der Waals surface area contributed by atoms with Gasteiger partial charge in [-0.05, 0) is 19.2 Å². The van der Waals surface area contributed by atoms with E-state index in [1.807, 2.05) is 13.1 Å². The zero-order valence-corrected chi connectivity index (χ0v) is 10.8. The molecule has 1 heterocycles. The Labute approximate surface area is 109 Å². The van der Waals surface area contributed by atoms with Crippen LogP contribution in [0.15, 0.2) is 30.3 Å². The molecule has 18 heavy (non-hydrogen) atoms. The highest BCUT2D eigenvalue weighted by Crippen LogP contribution is 2.15. The number of nitrogens with zero attached hydrogens (tertiary/aromatic N) is 3. The van der Waals surface area contributed by atoms with Gasteiger partial charge in [0.05, 0.1) is 6.07 Å². The van der Waals surface area contributed by atoms with Crippen LogP contribution in [0.3, 0.4) is 0 Å². The van der Waals surface area contributed by atoms with Crippen molar-refractivity contribution < 1.29 is 0 Å². The zero-order valence-electron chi connectivity index (χ0n) is 10.8. The lowest BCUT2D eigenvalue weighted by atomic mass is 10.2. The van der Waals surface area contributed by atoms with Crippen molar-refractivity contribution in [3.8, 4) is 6.07 Å². The smallest absolute Gasteiger partial charge is 0.108 e. The predicted octanol–water partition coefficient (Wildman–Crippen LogP) is 0.920. The highest BCUT2D eigenvalue weighted by atomic mass is 15.3. The number of piperazine rings is 1. The first kappa shape index (κ1) is 12.9. The summed E-state index contributed by atoms with van der Waals surface area (Å²) < 4.78 is 0. The average molecular weight is 244 g/mol. The summed E-state index contributed by atoms with van der Waals surface area (Å²) in [7, 11) is 1.84. The molecule has 0 bridgehead atoms.